The van der Waals surface area contributed by atoms with Crippen LogP contribution in [0.25, 0.3) is 0 Å². The molecule has 1 atom stereocenters. The lowest BCUT2D eigenvalue weighted by Gasteiger charge is -2.12. The molecule has 2 heterocycles. The molecule has 1 aliphatic heterocycles. The van der Waals surface area contributed by atoms with Crippen LogP contribution in [-0.2, 0) is 9.59 Å². The van der Waals surface area contributed by atoms with Crippen molar-refractivity contribution in [3.8, 4) is 0 Å². The van der Waals surface area contributed by atoms with Gasteiger partial charge in [-0.05, 0) is 0 Å². The number of nitrogens with zero attached hydrogens (tertiary/aromatic N) is 3. The monoisotopic (exact) mass is 297 g/mol. The molecule has 0 unspecified atom stereocenters. The van der Waals surface area contributed by atoms with E-state index in [9.17, 15) is 9.59 Å². The molecular formula is C11H11N3O3S2. The predicted octanol–water partition coefficient (Wildman–Crippen LogP) is 1.74. The summed E-state index contributed by atoms with van der Waals surface area (Å²) in [5.41, 5.74) is 0. The number of hydrogen-bond donors (Lipinski definition) is 1. The van der Waals surface area contributed by atoms with Gasteiger partial charge in [0.1, 0.15) is 5.25 Å². The van der Waals surface area contributed by atoms with Gasteiger partial charge in [0.25, 0.3) is 0 Å². The molecule has 0 radical (unpaired) electrons. The Bertz CT molecular complexity index is 527. The van der Waals surface area contributed by atoms with Crippen LogP contribution in [0.5, 0.6) is 0 Å². The number of aliphatic imine (C=N–C) groups is 1. The van der Waals surface area contributed by atoms with Gasteiger partial charge in [0.2, 0.25) is 11.0 Å². The molecule has 1 fully saturated rings. The van der Waals surface area contributed by atoms with Crippen LogP contribution in [0.1, 0.15) is 6.42 Å². The lowest BCUT2D eigenvalue weighted by atomic mass is 10.3. The number of carbonyl (C=O) groups is 2. The molecule has 0 saturated carbocycles. The second-order valence-corrected chi connectivity index (χ2v) is 5.69. The first-order chi connectivity index (χ1) is 9.11. The van der Waals surface area contributed by atoms with E-state index in [1.54, 1.807) is 17.7 Å². The van der Waals surface area contributed by atoms with Crippen molar-refractivity contribution in [1.29, 1.82) is 0 Å². The van der Waals surface area contributed by atoms with Crippen LogP contribution >= 0.6 is 23.1 Å². The molecule has 8 heteroatoms. The van der Waals surface area contributed by atoms with Crippen LogP contribution in [0.4, 0.5) is 5.13 Å². The second kappa shape index (κ2) is 5.98. The minimum atomic E-state index is -1.00. The van der Waals surface area contributed by atoms with Crippen LogP contribution in [0.15, 0.2) is 29.2 Å². The summed E-state index contributed by atoms with van der Waals surface area (Å²) in [4.78, 5) is 32.5. The minimum Gasteiger partial charge on any atom is -0.481 e. The van der Waals surface area contributed by atoms with E-state index < -0.39 is 11.2 Å². The van der Waals surface area contributed by atoms with Crippen LogP contribution in [0, 0.1) is 0 Å². The molecule has 100 valence electrons. The Morgan fingerprint density at radius 3 is 3.05 bits per heavy atom. The van der Waals surface area contributed by atoms with Gasteiger partial charge in [-0.25, -0.2) is 4.98 Å². The van der Waals surface area contributed by atoms with E-state index in [2.05, 4.69) is 16.6 Å². The summed E-state index contributed by atoms with van der Waals surface area (Å²) in [7, 11) is 0. The van der Waals surface area contributed by atoms with E-state index >= 15 is 0 Å². The molecule has 19 heavy (non-hydrogen) atoms. The van der Waals surface area contributed by atoms with Gasteiger partial charge in [-0.1, -0.05) is 17.8 Å². The fraction of sp³-hybridized carbons (Fsp3) is 0.273. The zero-order chi connectivity index (χ0) is 13.8. The summed E-state index contributed by atoms with van der Waals surface area (Å²) in [6.45, 7) is 3.90. The molecule has 6 nitrogen and oxygen atoms in total. The molecule has 0 spiro atoms. The number of thiazole rings is 1. The van der Waals surface area contributed by atoms with Crippen LogP contribution in [-0.4, -0.2) is 43.8 Å². The van der Waals surface area contributed by atoms with E-state index in [1.165, 1.54) is 16.2 Å². The highest BCUT2D eigenvalue weighted by Crippen LogP contribution is 2.31. The van der Waals surface area contributed by atoms with Gasteiger partial charge in [-0.2, -0.15) is 4.99 Å². The average Bonchev–Trinajstić information content (AvgIpc) is 2.94. The Hall–Kier alpha value is -1.67. The number of carboxylic acids is 1. The number of aliphatic carboxylic acids is 1. The molecule has 1 amide bonds. The van der Waals surface area contributed by atoms with E-state index in [-0.39, 0.29) is 12.3 Å². The topological polar surface area (TPSA) is 82.9 Å². The maximum absolute atomic E-state index is 12.1. The Labute approximate surface area is 117 Å². The third-order valence-corrected chi connectivity index (χ3v) is 4.14. The van der Waals surface area contributed by atoms with Crippen LogP contribution in [0.2, 0.25) is 0 Å². The van der Waals surface area contributed by atoms with Gasteiger partial charge in [0, 0.05) is 18.1 Å². The van der Waals surface area contributed by atoms with Gasteiger partial charge < -0.3 is 5.11 Å². The van der Waals surface area contributed by atoms with Gasteiger partial charge in [0.05, 0.1) is 6.42 Å². The van der Waals surface area contributed by atoms with Crippen molar-refractivity contribution in [1.82, 2.24) is 9.88 Å². The van der Waals surface area contributed by atoms with E-state index in [0.717, 1.165) is 11.8 Å². The van der Waals surface area contributed by atoms with Crippen molar-refractivity contribution < 1.29 is 14.7 Å². The predicted molar refractivity (Wildman–Crippen MR) is 74.8 cm³/mol. The molecule has 0 aromatic carbocycles. The van der Waals surface area contributed by atoms with Crippen LogP contribution in [0.3, 0.4) is 0 Å². The standard InChI is InChI=1S/C11H11N3O3S2/c1-2-4-14-9(17)7(6-8(15)16)19-11(14)13-10-12-3-5-18-10/h2-3,5,7H,1,4,6H2,(H,15,16)/t7-/m1/s1. The molecular weight excluding hydrogens is 286 g/mol. The number of hydrogen-bond acceptors (Lipinski definition) is 6. The molecule has 1 aromatic heterocycles. The molecule has 1 N–H and O–H groups in total. The van der Waals surface area contributed by atoms with Gasteiger partial charge in [-0.15, -0.1) is 17.9 Å². The maximum atomic E-state index is 12.1. The highest BCUT2D eigenvalue weighted by molar-refractivity contribution is 8.15. The largest absolute Gasteiger partial charge is 0.481 e. The molecule has 0 aliphatic carbocycles. The Morgan fingerprint density at radius 1 is 1.68 bits per heavy atom. The fourth-order valence-corrected chi connectivity index (χ4v) is 3.24. The summed E-state index contributed by atoms with van der Waals surface area (Å²) in [5.74, 6) is -1.25. The summed E-state index contributed by atoms with van der Waals surface area (Å²) in [6, 6.07) is 0. The molecule has 2 rings (SSSR count). The summed E-state index contributed by atoms with van der Waals surface area (Å²) in [5, 5.41) is 11.0. The average molecular weight is 297 g/mol. The highest BCUT2D eigenvalue weighted by atomic mass is 32.2. The SMILES string of the molecule is C=CCN1C(=O)[C@@H](CC(=O)O)SC1=Nc1nccs1. The third kappa shape index (κ3) is 3.21. The maximum Gasteiger partial charge on any atom is 0.305 e. The summed E-state index contributed by atoms with van der Waals surface area (Å²) >= 11 is 2.51. The van der Waals surface area contributed by atoms with Gasteiger partial charge in [0.15, 0.2) is 5.17 Å². The van der Waals surface area contributed by atoms with Gasteiger partial charge in [-0.3, -0.25) is 14.5 Å². The zero-order valence-electron chi connectivity index (χ0n) is 9.85. The van der Waals surface area contributed by atoms with Crippen molar-refractivity contribution in [2.24, 2.45) is 4.99 Å². The third-order valence-electron chi connectivity index (χ3n) is 2.30. The van der Waals surface area contributed by atoms with Crippen molar-refractivity contribution in [3.05, 3.63) is 24.2 Å². The first-order valence-electron chi connectivity index (χ1n) is 5.40. The molecule has 1 aliphatic rings. The highest BCUT2D eigenvalue weighted by Gasteiger charge is 2.38. The first kappa shape index (κ1) is 13.8. The van der Waals surface area contributed by atoms with Gasteiger partial charge >= 0.3 is 5.97 Å². The van der Waals surface area contributed by atoms with E-state index in [0.29, 0.717) is 16.8 Å². The van der Waals surface area contributed by atoms with Crippen molar-refractivity contribution in [3.63, 3.8) is 0 Å². The number of thioether (sulfide) groups is 1. The first-order valence-corrected chi connectivity index (χ1v) is 7.16. The second-order valence-electron chi connectivity index (χ2n) is 3.65. The molecule has 1 aromatic rings. The number of amidine groups is 1. The van der Waals surface area contributed by atoms with Crippen molar-refractivity contribution >= 4 is 45.3 Å². The number of carboxylic acid groups (broad SMARTS) is 1. The number of aromatic nitrogens is 1. The fourth-order valence-electron chi connectivity index (χ4n) is 1.53. The van der Waals surface area contributed by atoms with Crippen LogP contribution < -0.4 is 0 Å². The molecule has 1 saturated heterocycles. The van der Waals surface area contributed by atoms with Crippen molar-refractivity contribution in [2.45, 2.75) is 11.7 Å². The minimum absolute atomic E-state index is 0.214. The number of amides is 1. The Morgan fingerprint density at radius 2 is 2.47 bits per heavy atom. The summed E-state index contributed by atoms with van der Waals surface area (Å²) < 4.78 is 0. The Kier molecular flexibility index (Phi) is 4.33. The van der Waals surface area contributed by atoms with E-state index in [1.807, 2.05) is 0 Å². The van der Waals surface area contributed by atoms with Crippen molar-refractivity contribution in [2.75, 3.05) is 6.54 Å². The van der Waals surface area contributed by atoms with E-state index in [4.69, 9.17) is 5.11 Å². The lowest BCUT2D eigenvalue weighted by Crippen LogP contribution is -2.32. The quantitative estimate of drug-likeness (QED) is 0.837. The Balaban J connectivity index is 2.23. The summed E-state index contributed by atoms with van der Waals surface area (Å²) in [6.07, 6.45) is 2.99. The normalized spacial score (nSPS) is 21.1. The zero-order valence-corrected chi connectivity index (χ0v) is 11.5. The smallest absolute Gasteiger partial charge is 0.305 e. The molecule has 0 bridgehead atoms. The number of rotatable bonds is 5. The number of carbonyl (C=O) groups excluding carboxylic acids is 1. The lowest BCUT2D eigenvalue weighted by molar-refractivity contribution is -0.139.